The van der Waals surface area contributed by atoms with Crippen LogP contribution < -0.4 is 14.4 Å². The van der Waals surface area contributed by atoms with E-state index in [0.29, 0.717) is 11.4 Å². The minimum Gasteiger partial charge on any atom is -0.495 e. The number of nitrogens with one attached hydrogen (secondary N) is 1. The number of hydrogen-bond donors (Lipinski definition) is 1. The molecule has 0 saturated heterocycles. The molecule has 158 valence electrons. The summed E-state index contributed by atoms with van der Waals surface area (Å²) in [6, 6.07) is 14.5. The first-order valence-corrected chi connectivity index (χ1v) is 11.3. The highest BCUT2D eigenvalue weighted by Gasteiger charge is 2.24. The number of benzene rings is 2. The second kappa shape index (κ2) is 8.86. The molecular weight excluding hydrogens is 388 g/mol. The number of rotatable bonds is 7. The van der Waals surface area contributed by atoms with E-state index < -0.39 is 15.9 Å². The molecule has 0 aliphatic rings. The SMILES string of the molecule is COc1ccccc1N(CC(=O)N[C@@H](C)c1ccc(C(C)(C)C)cc1)S(C)(=O)=O. The molecule has 2 aromatic carbocycles. The summed E-state index contributed by atoms with van der Waals surface area (Å²) >= 11 is 0. The molecule has 7 heteroatoms. The summed E-state index contributed by atoms with van der Waals surface area (Å²) in [6.07, 6.45) is 1.07. The van der Waals surface area contributed by atoms with Crippen molar-refractivity contribution in [2.24, 2.45) is 0 Å². The predicted molar refractivity (Wildman–Crippen MR) is 117 cm³/mol. The Hall–Kier alpha value is -2.54. The third kappa shape index (κ3) is 5.97. The van der Waals surface area contributed by atoms with Crippen molar-refractivity contribution in [1.82, 2.24) is 5.32 Å². The lowest BCUT2D eigenvalue weighted by atomic mass is 9.86. The Morgan fingerprint density at radius 3 is 2.21 bits per heavy atom. The molecule has 6 nitrogen and oxygen atoms in total. The third-order valence-corrected chi connectivity index (χ3v) is 5.82. The minimum absolute atomic E-state index is 0.0513. The van der Waals surface area contributed by atoms with Gasteiger partial charge in [-0.2, -0.15) is 0 Å². The van der Waals surface area contributed by atoms with Gasteiger partial charge in [-0.15, -0.1) is 0 Å². The Bertz CT molecular complexity index is 948. The number of carbonyl (C=O) groups excluding carboxylic acids is 1. The Morgan fingerprint density at radius 2 is 1.69 bits per heavy atom. The summed E-state index contributed by atoms with van der Waals surface area (Å²) in [7, 11) is -2.21. The molecule has 0 heterocycles. The molecule has 2 aromatic rings. The van der Waals surface area contributed by atoms with Gasteiger partial charge >= 0.3 is 0 Å². The zero-order valence-electron chi connectivity index (χ0n) is 17.9. The number of sulfonamides is 1. The van der Waals surface area contributed by atoms with Gasteiger partial charge in [0.25, 0.3) is 0 Å². The van der Waals surface area contributed by atoms with Gasteiger partial charge in [-0.3, -0.25) is 9.10 Å². The van der Waals surface area contributed by atoms with E-state index in [9.17, 15) is 13.2 Å². The molecule has 1 atom stereocenters. The van der Waals surface area contributed by atoms with Gasteiger partial charge in [0.1, 0.15) is 12.3 Å². The normalized spacial score (nSPS) is 12.9. The number of nitrogens with zero attached hydrogens (tertiary/aromatic N) is 1. The van der Waals surface area contributed by atoms with Crippen molar-refractivity contribution >= 4 is 21.6 Å². The lowest BCUT2D eigenvalue weighted by molar-refractivity contribution is -0.120. The molecular formula is C22H30N2O4S. The average Bonchev–Trinajstić information content (AvgIpc) is 2.64. The van der Waals surface area contributed by atoms with E-state index in [4.69, 9.17) is 4.74 Å². The Balaban J connectivity index is 2.16. The van der Waals surface area contributed by atoms with Gasteiger partial charge in [0.05, 0.1) is 25.1 Å². The maximum Gasteiger partial charge on any atom is 0.241 e. The van der Waals surface area contributed by atoms with Gasteiger partial charge in [-0.05, 0) is 35.6 Å². The zero-order valence-corrected chi connectivity index (χ0v) is 18.7. The van der Waals surface area contributed by atoms with Crippen molar-refractivity contribution in [2.75, 3.05) is 24.2 Å². The van der Waals surface area contributed by atoms with Crippen LogP contribution in [0.5, 0.6) is 5.75 Å². The van der Waals surface area contributed by atoms with E-state index >= 15 is 0 Å². The van der Waals surface area contributed by atoms with Crippen LogP contribution in [0.4, 0.5) is 5.69 Å². The number of carbonyl (C=O) groups is 1. The van der Waals surface area contributed by atoms with Gasteiger partial charge in [0, 0.05) is 0 Å². The van der Waals surface area contributed by atoms with Crippen LogP contribution in [-0.4, -0.2) is 34.2 Å². The molecule has 0 unspecified atom stereocenters. The molecule has 0 aromatic heterocycles. The summed E-state index contributed by atoms with van der Waals surface area (Å²) in [5.41, 5.74) is 2.54. The fraction of sp³-hybridized carbons (Fsp3) is 0.409. The number of anilines is 1. The molecule has 0 aliphatic carbocycles. The van der Waals surface area contributed by atoms with Gasteiger partial charge in [0.15, 0.2) is 0 Å². The van der Waals surface area contributed by atoms with Crippen LogP contribution in [0.2, 0.25) is 0 Å². The summed E-state index contributed by atoms with van der Waals surface area (Å²) in [4.78, 5) is 12.6. The Kier molecular flexibility index (Phi) is 6.95. The van der Waals surface area contributed by atoms with Crippen LogP contribution in [0.3, 0.4) is 0 Å². The largest absolute Gasteiger partial charge is 0.495 e. The number of para-hydroxylation sites is 2. The zero-order chi connectivity index (χ0) is 21.8. The summed E-state index contributed by atoms with van der Waals surface area (Å²) in [6.45, 7) is 7.97. The van der Waals surface area contributed by atoms with Crippen LogP contribution in [-0.2, 0) is 20.2 Å². The Labute approximate surface area is 173 Å². The maximum atomic E-state index is 12.6. The molecule has 0 aliphatic heterocycles. The molecule has 1 N–H and O–H groups in total. The second-order valence-electron chi connectivity index (χ2n) is 8.10. The molecule has 0 radical (unpaired) electrons. The lowest BCUT2D eigenvalue weighted by Gasteiger charge is -2.25. The molecule has 0 spiro atoms. The summed E-state index contributed by atoms with van der Waals surface area (Å²) in [5.74, 6) is -0.00901. The van der Waals surface area contributed by atoms with Crippen LogP contribution in [0.25, 0.3) is 0 Å². The first kappa shape index (κ1) is 22.7. The van der Waals surface area contributed by atoms with Gasteiger partial charge < -0.3 is 10.1 Å². The van der Waals surface area contributed by atoms with Crippen LogP contribution in [0.1, 0.15) is 44.9 Å². The maximum absolute atomic E-state index is 12.6. The molecule has 1 amide bonds. The third-order valence-electron chi connectivity index (χ3n) is 4.70. The number of amides is 1. The first-order valence-electron chi connectivity index (χ1n) is 9.44. The van der Waals surface area contributed by atoms with Crippen molar-refractivity contribution in [3.05, 3.63) is 59.7 Å². The predicted octanol–water partition coefficient (Wildman–Crippen LogP) is 3.64. The van der Waals surface area contributed by atoms with E-state index in [1.807, 2.05) is 19.1 Å². The lowest BCUT2D eigenvalue weighted by Crippen LogP contribution is -2.41. The standard InChI is InChI=1S/C22H30N2O4S/c1-16(17-11-13-18(14-12-17)22(2,3)4)23-21(25)15-24(29(6,26)27)19-9-7-8-10-20(19)28-5/h7-14,16H,15H2,1-6H3,(H,23,25)/t16-/m0/s1. The van der Waals surface area contributed by atoms with Crippen molar-refractivity contribution < 1.29 is 17.9 Å². The van der Waals surface area contributed by atoms with Crippen molar-refractivity contribution in [2.45, 2.75) is 39.2 Å². The number of hydrogen-bond acceptors (Lipinski definition) is 4. The van der Waals surface area contributed by atoms with E-state index in [-0.39, 0.29) is 18.0 Å². The highest BCUT2D eigenvalue weighted by atomic mass is 32.2. The van der Waals surface area contributed by atoms with Crippen LogP contribution in [0.15, 0.2) is 48.5 Å². The molecule has 29 heavy (non-hydrogen) atoms. The Morgan fingerprint density at radius 1 is 1.10 bits per heavy atom. The van der Waals surface area contributed by atoms with Crippen molar-refractivity contribution in [1.29, 1.82) is 0 Å². The smallest absolute Gasteiger partial charge is 0.241 e. The fourth-order valence-electron chi connectivity index (χ4n) is 2.99. The van der Waals surface area contributed by atoms with Crippen molar-refractivity contribution in [3.63, 3.8) is 0 Å². The van der Waals surface area contributed by atoms with E-state index in [0.717, 1.165) is 16.1 Å². The highest BCUT2D eigenvalue weighted by Crippen LogP contribution is 2.29. The fourth-order valence-corrected chi connectivity index (χ4v) is 3.85. The second-order valence-corrected chi connectivity index (χ2v) is 10.0. The van der Waals surface area contributed by atoms with E-state index in [1.165, 1.54) is 12.7 Å². The van der Waals surface area contributed by atoms with Crippen LogP contribution >= 0.6 is 0 Å². The molecule has 2 rings (SSSR count). The first-order chi connectivity index (χ1) is 13.4. The van der Waals surface area contributed by atoms with E-state index in [2.05, 4.69) is 38.2 Å². The number of methoxy groups -OCH3 is 1. The number of ether oxygens (including phenoxy) is 1. The van der Waals surface area contributed by atoms with Gasteiger partial charge in [-0.1, -0.05) is 57.2 Å². The van der Waals surface area contributed by atoms with Crippen molar-refractivity contribution in [3.8, 4) is 5.75 Å². The van der Waals surface area contributed by atoms with E-state index in [1.54, 1.807) is 24.3 Å². The highest BCUT2D eigenvalue weighted by molar-refractivity contribution is 7.92. The van der Waals surface area contributed by atoms with Crippen LogP contribution in [0, 0.1) is 0 Å². The molecule has 0 saturated carbocycles. The average molecular weight is 419 g/mol. The summed E-state index contributed by atoms with van der Waals surface area (Å²) in [5, 5.41) is 2.88. The molecule has 0 fully saturated rings. The van der Waals surface area contributed by atoms with Gasteiger partial charge in [-0.25, -0.2) is 8.42 Å². The topological polar surface area (TPSA) is 75.7 Å². The quantitative estimate of drug-likeness (QED) is 0.745. The summed E-state index contributed by atoms with van der Waals surface area (Å²) < 4.78 is 30.9. The minimum atomic E-state index is -3.68. The molecule has 0 bridgehead atoms. The monoisotopic (exact) mass is 418 g/mol. The van der Waals surface area contributed by atoms with Gasteiger partial charge in [0.2, 0.25) is 15.9 Å².